The van der Waals surface area contributed by atoms with Gasteiger partial charge in [0.1, 0.15) is 0 Å². The smallest absolute Gasteiger partial charge is 0.261 e. The zero-order valence-electron chi connectivity index (χ0n) is 24.8. The molecule has 0 spiro atoms. The summed E-state index contributed by atoms with van der Waals surface area (Å²) in [4.78, 5) is 8.82. The Hall–Kier alpha value is -4.13. The molecule has 12 heteroatoms. The number of azo groups is 1. The zero-order valence-corrected chi connectivity index (χ0v) is 27.2. The first-order valence-electron chi connectivity index (χ1n) is 14.3. The summed E-state index contributed by atoms with van der Waals surface area (Å²) in [6, 6.07) is 25.7. The van der Waals surface area contributed by atoms with Gasteiger partial charge in [-0.3, -0.25) is 0 Å². The lowest BCUT2D eigenvalue weighted by Gasteiger charge is -2.20. The average Bonchev–Trinajstić information content (AvgIpc) is 3.80. The summed E-state index contributed by atoms with van der Waals surface area (Å²) in [5, 5.41) is 14.5. The lowest BCUT2D eigenvalue weighted by atomic mass is 10.1. The predicted octanol–water partition coefficient (Wildman–Crippen LogP) is 8.72. The second-order valence-electron chi connectivity index (χ2n) is 10.8. The summed E-state index contributed by atoms with van der Waals surface area (Å²) in [5.74, 6) is -0.165. The predicted molar refractivity (Wildman–Crippen MR) is 181 cm³/mol. The van der Waals surface area contributed by atoms with Crippen molar-refractivity contribution in [3.05, 3.63) is 95.6 Å². The molecule has 1 saturated heterocycles. The summed E-state index contributed by atoms with van der Waals surface area (Å²) in [7, 11) is -1.56. The molecule has 1 aliphatic heterocycles. The van der Waals surface area contributed by atoms with Crippen LogP contribution in [0.4, 0.5) is 37.9 Å². The van der Waals surface area contributed by atoms with Gasteiger partial charge in [0.25, 0.3) is 5.16 Å². The van der Waals surface area contributed by atoms with Gasteiger partial charge in [-0.25, -0.2) is 8.42 Å². The molecule has 1 N–H and O–H groups in total. The molecule has 0 saturated carbocycles. The third kappa shape index (κ3) is 6.82. The number of sulfone groups is 1. The number of nitrogens with zero attached hydrogens (tertiary/aromatic N) is 6. The molecule has 0 bridgehead atoms. The van der Waals surface area contributed by atoms with Crippen molar-refractivity contribution in [1.82, 2.24) is 9.36 Å². The Bertz CT molecular complexity index is 1900. The zero-order chi connectivity index (χ0) is 30.7. The second kappa shape index (κ2) is 12.8. The standard InChI is InChI=1S/C32H33N7O2S3/c1-22-19-25(11-13-28(22)35-36-31-34-32(37-43-31)44(40,41)21-24-9-5-4-6-10-24)33-27-14-12-26(20-23(27)2)38(3)29-15-16-30(42-29)39-17-7-8-18-39/h4-6,9-16,19-20,33H,7-8,17-18,21H2,1-3H3. The molecule has 0 atom stereocenters. The third-order valence-electron chi connectivity index (χ3n) is 7.52. The SMILES string of the molecule is Cc1cc(Nc2ccc(N(C)c3ccc(N4CCCC4)s3)cc2C)ccc1N=Nc1nc(S(=O)(=O)Cc2ccccc2)ns1. The van der Waals surface area contributed by atoms with Gasteiger partial charge < -0.3 is 15.1 Å². The fourth-order valence-corrected chi connectivity index (χ4v) is 8.11. The fraction of sp³-hybridized carbons (Fsp3) is 0.250. The summed E-state index contributed by atoms with van der Waals surface area (Å²) < 4.78 is 29.4. The summed E-state index contributed by atoms with van der Waals surface area (Å²) in [6.45, 7) is 6.37. The van der Waals surface area contributed by atoms with Gasteiger partial charge >= 0.3 is 0 Å². The fourth-order valence-electron chi connectivity index (χ4n) is 5.05. The Morgan fingerprint density at radius 2 is 1.73 bits per heavy atom. The van der Waals surface area contributed by atoms with Crippen LogP contribution in [0.25, 0.3) is 0 Å². The van der Waals surface area contributed by atoms with Gasteiger partial charge in [-0.1, -0.05) is 30.3 Å². The van der Waals surface area contributed by atoms with Crippen LogP contribution in [0.5, 0.6) is 0 Å². The Balaban J connectivity index is 1.10. The number of benzene rings is 3. The minimum absolute atomic E-state index is 0.165. The molecule has 5 aromatic rings. The lowest BCUT2D eigenvalue weighted by molar-refractivity contribution is 0.588. The van der Waals surface area contributed by atoms with E-state index in [9.17, 15) is 8.42 Å². The molecule has 0 unspecified atom stereocenters. The van der Waals surface area contributed by atoms with Crippen molar-refractivity contribution in [3.8, 4) is 0 Å². The van der Waals surface area contributed by atoms with Crippen LogP contribution in [0.1, 0.15) is 29.5 Å². The van der Waals surface area contributed by atoms with Crippen molar-refractivity contribution in [2.75, 3.05) is 35.3 Å². The average molecular weight is 644 g/mol. The van der Waals surface area contributed by atoms with E-state index in [-0.39, 0.29) is 16.0 Å². The van der Waals surface area contributed by atoms with Gasteiger partial charge in [0, 0.05) is 48.7 Å². The number of aromatic nitrogens is 2. The van der Waals surface area contributed by atoms with Crippen LogP contribution < -0.4 is 15.1 Å². The van der Waals surface area contributed by atoms with E-state index in [1.165, 1.54) is 22.8 Å². The Morgan fingerprint density at radius 1 is 0.932 bits per heavy atom. The molecule has 0 aliphatic carbocycles. The van der Waals surface area contributed by atoms with Gasteiger partial charge in [0.05, 0.1) is 21.4 Å². The number of hydrogen-bond donors (Lipinski definition) is 1. The van der Waals surface area contributed by atoms with Crippen molar-refractivity contribution in [2.45, 2.75) is 37.6 Å². The van der Waals surface area contributed by atoms with E-state index in [1.54, 1.807) is 24.3 Å². The minimum atomic E-state index is -3.67. The number of anilines is 5. The normalized spacial score (nSPS) is 13.6. The molecule has 1 aliphatic rings. The van der Waals surface area contributed by atoms with E-state index in [0.717, 1.165) is 52.8 Å². The minimum Gasteiger partial charge on any atom is -0.363 e. The van der Waals surface area contributed by atoms with Crippen molar-refractivity contribution >= 4 is 70.6 Å². The summed E-state index contributed by atoms with van der Waals surface area (Å²) >= 11 is 2.75. The van der Waals surface area contributed by atoms with Crippen LogP contribution in [0.15, 0.2) is 94.2 Å². The highest BCUT2D eigenvalue weighted by Gasteiger charge is 2.21. The Kier molecular flexibility index (Phi) is 8.74. The van der Waals surface area contributed by atoms with Crippen LogP contribution in [0.2, 0.25) is 0 Å². The van der Waals surface area contributed by atoms with Gasteiger partial charge in [0.15, 0.2) is 0 Å². The maximum absolute atomic E-state index is 12.7. The first-order chi connectivity index (χ1) is 21.2. The van der Waals surface area contributed by atoms with E-state index >= 15 is 0 Å². The monoisotopic (exact) mass is 643 g/mol. The molecule has 44 heavy (non-hydrogen) atoms. The van der Waals surface area contributed by atoms with Crippen LogP contribution in [0.3, 0.4) is 0 Å². The quantitative estimate of drug-likeness (QED) is 0.152. The molecule has 3 aromatic carbocycles. The van der Waals surface area contributed by atoms with Crippen molar-refractivity contribution in [1.29, 1.82) is 0 Å². The molecule has 0 amide bonds. The van der Waals surface area contributed by atoms with Gasteiger partial charge in [0.2, 0.25) is 15.0 Å². The number of aryl methyl sites for hydroxylation is 2. The van der Waals surface area contributed by atoms with Gasteiger partial charge in [-0.15, -0.1) is 21.6 Å². The molecule has 0 radical (unpaired) electrons. The van der Waals surface area contributed by atoms with E-state index in [4.69, 9.17) is 0 Å². The van der Waals surface area contributed by atoms with Crippen molar-refractivity contribution in [3.63, 3.8) is 0 Å². The van der Waals surface area contributed by atoms with Crippen LogP contribution >= 0.6 is 22.9 Å². The molecule has 2 aromatic heterocycles. The van der Waals surface area contributed by atoms with E-state index in [0.29, 0.717) is 11.3 Å². The first-order valence-corrected chi connectivity index (χ1v) is 17.6. The molecule has 6 rings (SSSR count). The highest BCUT2D eigenvalue weighted by atomic mass is 32.2. The molecular weight excluding hydrogens is 611 g/mol. The van der Waals surface area contributed by atoms with E-state index in [1.807, 2.05) is 42.5 Å². The van der Waals surface area contributed by atoms with Gasteiger partial charge in [-0.05, 0) is 91.9 Å². The van der Waals surface area contributed by atoms with E-state index in [2.05, 4.69) is 79.0 Å². The molecule has 3 heterocycles. The van der Waals surface area contributed by atoms with Crippen LogP contribution in [0, 0.1) is 13.8 Å². The molecule has 1 fully saturated rings. The Morgan fingerprint density at radius 3 is 2.48 bits per heavy atom. The van der Waals surface area contributed by atoms with E-state index < -0.39 is 9.84 Å². The molecule has 226 valence electrons. The maximum Gasteiger partial charge on any atom is 0.261 e. The number of hydrogen-bond acceptors (Lipinski definition) is 11. The van der Waals surface area contributed by atoms with Crippen LogP contribution in [-0.4, -0.2) is 37.9 Å². The van der Waals surface area contributed by atoms with Crippen LogP contribution in [-0.2, 0) is 15.6 Å². The highest BCUT2D eigenvalue weighted by Crippen LogP contribution is 2.38. The number of thiophene rings is 1. The van der Waals surface area contributed by atoms with Crippen molar-refractivity contribution in [2.24, 2.45) is 10.2 Å². The first kappa shape index (κ1) is 29.9. The van der Waals surface area contributed by atoms with Crippen molar-refractivity contribution < 1.29 is 8.42 Å². The second-order valence-corrected chi connectivity index (χ2v) is 14.4. The summed E-state index contributed by atoms with van der Waals surface area (Å²) in [6.07, 6.45) is 2.55. The largest absolute Gasteiger partial charge is 0.363 e. The Labute approximate surface area is 266 Å². The highest BCUT2D eigenvalue weighted by molar-refractivity contribution is 7.90. The number of rotatable bonds is 10. The lowest BCUT2D eigenvalue weighted by Crippen LogP contribution is -2.15. The maximum atomic E-state index is 12.7. The third-order valence-corrected chi connectivity index (χ3v) is 10.9. The molecule has 9 nitrogen and oxygen atoms in total. The molecular formula is C32H33N7O2S3. The number of nitrogens with one attached hydrogen (secondary N) is 1. The van der Waals surface area contributed by atoms with Gasteiger partial charge in [-0.2, -0.15) is 9.36 Å². The topological polar surface area (TPSA) is 103 Å². The summed E-state index contributed by atoms with van der Waals surface area (Å²) in [5.41, 5.74) is 6.50.